The summed E-state index contributed by atoms with van der Waals surface area (Å²) in [6.45, 7) is 2.60. The van der Waals surface area contributed by atoms with Crippen LogP contribution < -0.4 is 0 Å². The maximum absolute atomic E-state index is 2.65. The Hall–Kier alpha value is -1.21. The molecule has 118 valence electrons. The Labute approximate surface area is 135 Å². The van der Waals surface area contributed by atoms with Crippen molar-refractivity contribution in [2.24, 2.45) is 0 Å². The Bertz CT molecular complexity index is 686. The van der Waals surface area contributed by atoms with Gasteiger partial charge in [-0.15, -0.1) is 0 Å². The second-order valence-electron chi connectivity index (χ2n) is 8.22. The number of fused-ring (bicyclic) bond motifs is 3. The van der Waals surface area contributed by atoms with Crippen molar-refractivity contribution in [3.8, 4) is 11.1 Å². The molecule has 22 heavy (non-hydrogen) atoms. The molecule has 1 heterocycles. The zero-order valence-electron chi connectivity index (χ0n) is 14.1. The van der Waals surface area contributed by atoms with Crippen molar-refractivity contribution in [3.63, 3.8) is 0 Å². The maximum Gasteiger partial charge on any atom is -0.00641 e. The van der Waals surface area contributed by atoms with Crippen molar-refractivity contribution in [2.45, 2.75) is 53.6 Å². The fraction of sp³-hybridized carbons (Fsp3) is 0.429. The summed E-state index contributed by atoms with van der Waals surface area (Å²) in [5.41, 5.74) is 3.01. The molecule has 0 nitrogen and oxygen atoms in total. The molecule has 0 aromatic heterocycles. The number of thiol groups is 1. The van der Waals surface area contributed by atoms with E-state index in [-0.39, 0.29) is 0 Å². The Morgan fingerprint density at radius 2 is 1.18 bits per heavy atom. The lowest BCUT2D eigenvalue weighted by molar-refractivity contribution is 0.412. The van der Waals surface area contributed by atoms with E-state index in [1.54, 1.807) is 9.79 Å². The minimum absolute atomic E-state index is 0.451. The molecule has 4 rings (SSSR count). The predicted molar refractivity (Wildman–Crippen MR) is 101 cm³/mol. The van der Waals surface area contributed by atoms with E-state index in [9.17, 15) is 0 Å². The summed E-state index contributed by atoms with van der Waals surface area (Å²) >= 11 is 0. The molecular weight excluding hydrogens is 284 g/mol. The third kappa shape index (κ3) is 1.51. The first-order valence-electron chi connectivity index (χ1n) is 8.68. The van der Waals surface area contributed by atoms with Crippen molar-refractivity contribution >= 4 is 9.16 Å². The average Bonchev–Trinajstić information content (AvgIpc) is 2.77. The second kappa shape index (κ2) is 4.41. The SMILES string of the molecule is CC1([SH]2(C)(C)c3ccccc3-c3ccccc32)CCCCC1. The smallest absolute Gasteiger partial charge is 0.00641 e. The topological polar surface area (TPSA) is 0 Å². The molecule has 1 fully saturated rings. The van der Waals surface area contributed by atoms with Gasteiger partial charge in [-0.25, -0.2) is 9.16 Å². The molecule has 0 saturated heterocycles. The first-order valence-corrected chi connectivity index (χ1v) is 11.8. The molecule has 0 amide bonds. The zero-order valence-corrected chi connectivity index (χ0v) is 15.0. The highest BCUT2D eigenvalue weighted by atomic mass is 32.3. The molecule has 1 saturated carbocycles. The van der Waals surface area contributed by atoms with Crippen LogP contribution in [0.4, 0.5) is 0 Å². The van der Waals surface area contributed by atoms with Crippen LogP contribution in [0.3, 0.4) is 0 Å². The van der Waals surface area contributed by atoms with Crippen LogP contribution in [0, 0.1) is 0 Å². The van der Waals surface area contributed by atoms with E-state index >= 15 is 0 Å². The minimum Gasteiger partial charge on any atom is -0.240 e. The highest BCUT2D eigenvalue weighted by Crippen LogP contribution is 2.89. The highest BCUT2D eigenvalue weighted by molar-refractivity contribution is 8.50. The van der Waals surface area contributed by atoms with Crippen molar-refractivity contribution < 1.29 is 0 Å². The van der Waals surface area contributed by atoms with Crippen molar-refractivity contribution in [1.29, 1.82) is 0 Å². The molecule has 2 aliphatic rings. The minimum atomic E-state index is -2.15. The van der Waals surface area contributed by atoms with Gasteiger partial charge in [-0.1, -0.05) is 74.7 Å². The van der Waals surface area contributed by atoms with Gasteiger partial charge in [0.15, 0.2) is 0 Å². The fourth-order valence-electron chi connectivity index (χ4n) is 5.27. The van der Waals surface area contributed by atoms with Gasteiger partial charge in [0.2, 0.25) is 0 Å². The van der Waals surface area contributed by atoms with E-state index < -0.39 is 9.16 Å². The summed E-state index contributed by atoms with van der Waals surface area (Å²) in [6.07, 6.45) is 12.3. The van der Waals surface area contributed by atoms with Crippen LogP contribution in [0.15, 0.2) is 58.3 Å². The zero-order chi connectivity index (χ0) is 15.4. The highest BCUT2D eigenvalue weighted by Gasteiger charge is 2.55. The third-order valence-corrected chi connectivity index (χ3v) is 14.5. The Morgan fingerprint density at radius 3 is 1.68 bits per heavy atom. The summed E-state index contributed by atoms with van der Waals surface area (Å²) in [4.78, 5) is 3.33. The van der Waals surface area contributed by atoms with Crippen LogP contribution in [0.1, 0.15) is 39.0 Å². The fourth-order valence-corrected chi connectivity index (χ4v) is 11.3. The molecular formula is C21H28S. The Morgan fingerprint density at radius 1 is 0.727 bits per heavy atom. The molecule has 1 aliphatic heterocycles. The molecule has 0 unspecified atom stereocenters. The summed E-state index contributed by atoms with van der Waals surface area (Å²) in [5.74, 6) is 0. The van der Waals surface area contributed by atoms with Gasteiger partial charge in [0.05, 0.1) is 0 Å². The van der Waals surface area contributed by atoms with Gasteiger partial charge in [0.25, 0.3) is 0 Å². The van der Waals surface area contributed by atoms with Gasteiger partial charge in [0, 0.05) is 0 Å². The van der Waals surface area contributed by atoms with E-state index in [0.29, 0.717) is 4.75 Å². The molecule has 0 atom stereocenters. The van der Waals surface area contributed by atoms with Crippen molar-refractivity contribution in [2.75, 3.05) is 12.5 Å². The molecule has 2 aromatic rings. The standard InChI is InChI=1S/C21H28S/c1-21(15-9-4-10-16-21)22(2,3)19-13-7-5-11-17(19)18-12-6-8-14-20(18)22/h5-8,11-14,22H,4,9-10,15-16H2,1-3H3. The molecule has 0 spiro atoms. The Kier molecular flexibility index (Phi) is 2.89. The van der Waals surface area contributed by atoms with Gasteiger partial charge >= 0.3 is 0 Å². The van der Waals surface area contributed by atoms with Gasteiger partial charge < -0.3 is 0 Å². The number of hydrogen-bond donors (Lipinski definition) is 1. The molecule has 0 N–H and O–H groups in total. The van der Waals surface area contributed by atoms with Gasteiger partial charge in [0.1, 0.15) is 0 Å². The quantitative estimate of drug-likeness (QED) is 0.601. The van der Waals surface area contributed by atoms with Crippen LogP contribution in [0.25, 0.3) is 11.1 Å². The summed E-state index contributed by atoms with van der Waals surface area (Å²) < 4.78 is 0.451. The van der Waals surface area contributed by atoms with Gasteiger partial charge in [-0.05, 0) is 51.0 Å². The van der Waals surface area contributed by atoms with E-state index in [4.69, 9.17) is 0 Å². The molecule has 1 aliphatic carbocycles. The third-order valence-electron chi connectivity index (χ3n) is 7.09. The van der Waals surface area contributed by atoms with Crippen LogP contribution in [0.5, 0.6) is 0 Å². The van der Waals surface area contributed by atoms with E-state index in [0.717, 1.165) is 0 Å². The lowest BCUT2D eigenvalue weighted by Crippen LogP contribution is -2.42. The van der Waals surface area contributed by atoms with Crippen molar-refractivity contribution in [1.82, 2.24) is 0 Å². The second-order valence-corrected chi connectivity index (χ2v) is 14.5. The first-order chi connectivity index (χ1) is 10.5. The predicted octanol–water partition coefficient (Wildman–Crippen LogP) is 6.14. The van der Waals surface area contributed by atoms with E-state index in [1.165, 1.54) is 43.2 Å². The van der Waals surface area contributed by atoms with E-state index in [2.05, 4.69) is 68.0 Å². The van der Waals surface area contributed by atoms with Crippen LogP contribution in [-0.4, -0.2) is 17.3 Å². The van der Waals surface area contributed by atoms with Crippen LogP contribution in [-0.2, 0) is 0 Å². The molecule has 0 bridgehead atoms. The van der Waals surface area contributed by atoms with Crippen LogP contribution >= 0.6 is 9.16 Å². The monoisotopic (exact) mass is 312 g/mol. The number of benzene rings is 2. The maximum atomic E-state index is 2.65. The van der Waals surface area contributed by atoms with Crippen LogP contribution in [0.2, 0.25) is 0 Å². The first kappa shape index (κ1) is 14.4. The largest absolute Gasteiger partial charge is 0.240 e. The number of hydrogen-bond acceptors (Lipinski definition) is 0. The molecule has 1 heteroatoms. The van der Waals surface area contributed by atoms with Gasteiger partial charge in [-0.3, -0.25) is 0 Å². The number of rotatable bonds is 1. The lowest BCUT2D eigenvalue weighted by atomic mass is 9.90. The summed E-state index contributed by atoms with van der Waals surface area (Å²) in [5, 5.41) is 0. The lowest BCUT2D eigenvalue weighted by Gasteiger charge is -2.67. The normalized spacial score (nSPS) is 25.5. The molecule has 0 radical (unpaired) electrons. The van der Waals surface area contributed by atoms with Gasteiger partial charge in [-0.2, -0.15) is 0 Å². The molecule has 2 aromatic carbocycles. The Balaban J connectivity index is 2.08. The summed E-state index contributed by atoms with van der Waals surface area (Å²) in [7, 11) is -2.15. The average molecular weight is 313 g/mol. The van der Waals surface area contributed by atoms with E-state index in [1.807, 2.05) is 0 Å². The summed E-state index contributed by atoms with van der Waals surface area (Å²) in [6, 6.07) is 18.5. The van der Waals surface area contributed by atoms with Crippen molar-refractivity contribution in [3.05, 3.63) is 48.5 Å².